The average molecular weight is 870 g/mol. The van der Waals surface area contributed by atoms with E-state index in [0.29, 0.717) is 12.8 Å². The summed E-state index contributed by atoms with van der Waals surface area (Å²) in [5, 5.41) is 11.7. The van der Waals surface area contributed by atoms with Crippen molar-refractivity contribution in [3.63, 3.8) is 0 Å². The highest BCUT2D eigenvalue weighted by atomic mass is 16.6. The fraction of sp³-hybridized carbons (Fsp3) is 0.759. The van der Waals surface area contributed by atoms with Crippen LogP contribution >= 0.6 is 0 Å². The third kappa shape index (κ3) is 42.3. The Balaban J connectivity index is 4.29. The molecule has 358 valence electrons. The number of nitrogens with zero attached hydrogens (tertiary/aromatic N) is 1. The normalized spacial score (nSPS) is 13.4. The molecular formula is C54H95NO7. The van der Waals surface area contributed by atoms with Crippen LogP contribution in [0.3, 0.4) is 0 Å². The molecule has 8 heteroatoms. The molecule has 0 saturated carbocycles. The van der Waals surface area contributed by atoms with E-state index in [9.17, 15) is 19.5 Å². The molecule has 0 amide bonds. The lowest BCUT2D eigenvalue weighted by atomic mass is 10.0. The van der Waals surface area contributed by atoms with Crippen molar-refractivity contribution in [2.24, 2.45) is 0 Å². The lowest BCUT2D eigenvalue weighted by Crippen LogP contribution is -2.55. The van der Waals surface area contributed by atoms with Crippen LogP contribution in [-0.2, 0) is 28.6 Å². The Hall–Kier alpha value is -2.97. The molecule has 0 spiro atoms. The smallest absolute Gasteiger partial charge is 0.306 e. The van der Waals surface area contributed by atoms with Gasteiger partial charge in [0.05, 0.1) is 40.3 Å². The first-order valence-electron chi connectivity index (χ1n) is 25.4. The van der Waals surface area contributed by atoms with E-state index in [1.807, 2.05) is 36.5 Å². The van der Waals surface area contributed by atoms with Gasteiger partial charge >= 0.3 is 11.9 Å². The molecule has 0 aliphatic carbocycles. The van der Waals surface area contributed by atoms with Crippen LogP contribution in [0.1, 0.15) is 213 Å². The molecule has 8 nitrogen and oxygen atoms in total. The van der Waals surface area contributed by atoms with Gasteiger partial charge < -0.3 is 28.6 Å². The number of quaternary nitrogens is 1. The monoisotopic (exact) mass is 870 g/mol. The van der Waals surface area contributed by atoms with Crippen molar-refractivity contribution in [2.75, 3.05) is 41.0 Å². The minimum Gasteiger partial charge on any atom is -0.544 e. The summed E-state index contributed by atoms with van der Waals surface area (Å²) in [5.74, 6) is -1.76. The van der Waals surface area contributed by atoms with Crippen molar-refractivity contribution in [3.05, 3.63) is 60.8 Å². The standard InChI is InChI=1S/C54H95NO7/c1-6-8-10-12-14-16-18-20-22-24-26-27-29-31-33-35-37-39-41-43-45-53(57)62-50(48-60-47-46-51(54(58)59)55(3,4)5)49-61-52(56)44-42-40-38-36-34-32-30-28-25-23-21-19-17-15-13-11-9-7-2/h11,13,15,17,19,21,23,25,28,30,50-51H,6-10,12,14,16,18,20,22,24,26-27,29,31-49H2,1-5H3/b13-11+,17-15+,21-19+,25-23+,30-28+. The van der Waals surface area contributed by atoms with Crippen molar-refractivity contribution in [1.29, 1.82) is 0 Å². The maximum atomic E-state index is 12.8. The van der Waals surface area contributed by atoms with E-state index >= 15 is 0 Å². The Morgan fingerprint density at radius 2 is 0.887 bits per heavy atom. The molecule has 2 unspecified atom stereocenters. The summed E-state index contributed by atoms with van der Waals surface area (Å²) in [6.07, 6.45) is 55.3. The highest BCUT2D eigenvalue weighted by molar-refractivity contribution is 5.70. The number of esters is 2. The molecule has 0 N–H and O–H groups in total. The largest absolute Gasteiger partial charge is 0.544 e. The molecule has 0 bridgehead atoms. The minimum atomic E-state index is -1.13. The van der Waals surface area contributed by atoms with Gasteiger partial charge in [0.25, 0.3) is 0 Å². The van der Waals surface area contributed by atoms with Gasteiger partial charge in [-0.1, -0.05) is 222 Å². The lowest BCUT2D eigenvalue weighted by Gasteiger charge is -2.34. The Morgan fingerprint density at radius 3 is 1.32 bits per heavy atom. The first-order valence-corrected chi connectivity index (χ1v) is 25.4. The summed E-state index contributed by atoms with van der Waals surface area (Å²) in [5.41, 5.74) is 0. The van der Waals surface area contributed by atoms with Crippen LogP contribution < -0.4 is 5.11 Å². The van der Waals surface area contributed by atoms with Crippen LogP contribution in [0, 0.1) is 0 Å². The molecule has 62 heavy (non-hydrogen) atoms. The molecule has 0 aromatic rings. The lowest BCUT2D eigenvalue weighted by molar-refractivity contribution is -0.889. The Bertz CT molecular complexity index is 1200. The van der Waals surface area contributed by atoms with Gasteiger partial charge in [0.1, 0.15) is 12.6 Å². The molecular weight excluding hydrogens is 775 g/mol. The van der Waals surface area contributed by atoms with Gasteiger partial charge in [0.15, 0.2) is 6.10 Å². The minimum absolute atomic E-state index is 0.0322. The second kappa shape index (κ2) is 44.6. The predicted molar refractivity (Wildman–Crippen MR) is 259 cm³/mol. The van der Waals surface area contributed by atoms with E-state index in [0.717, 1.165) is 64.2 Å². The third-order valence-electron chi connectivity index (χ3n) is 11.3. The maximum Gasteiger partial charge on any atom is 0.306 e. The van der Waals surface area contributed by atoms with E-state index in [-0.39, 0.29) is 42.7 Å². The number of allylic oxidation sites excluding steroid dienone is 10. The summed E-state index contributed by atoms with van der Waals surface area (Å²) in [6, 6.07) is -0.731. The highest BCUT2D eigenvalue weighted by Crippen LogP contribution is 2.16. The van der Waals surface area contributed by atoms with Crippen LogP contribution in [0.5, 0.6) is 0 Å². The highest BCUT2D eigenvalue weighted by Gasteiger charge is 2.25. The number of unbranched alkanes of at least 4 members (excludes halogenated alkanes) is 25. The van der Waals surface area contributed by atoms with Crippen molar-refractivity contribution >= 4 is 17.9 Å². The molecule has 0 aliphatic rings. The molecule has 0 aromatic heterocycles. The predicted octanol–water partition coefficient (Wildman–Crippen LogP) is 13.2. The second-order valence-corrected chi connectivity index (χ2v) is 18.2. The number of aliphatic carboxylic acids is 1. The van der Waals surface area contributed by atoms with Crippen LogP contribution in [0.2, 0.25) is 0 Å². The number of hydrogen-bond donors (Lipinski definition) is 0. The van der Waals surface area contributed by atoms with Crippen LogP contribution in [0.4, 0.5) is 0 Å². The van der Waals surface area contributed by atoms with Crippen molar-refractivity contribution in [2.45, 2.75) is 225 Å². The number of carbonyl (C=O) groups excluding carboxylic acids is 3. The van der Waals surface area contributed by atoms with Gasteiger partial charge in [0, 0.05) is 19.3 Å². The zero-order valence-corrected chi connectivity index (χ0v) is 40.8. The van der Waals surface area contributed by atoms with E-state index in [4.69, 9.17) is 14.2 Å². The number of rotatable bonds is 45. The molecule has 0 aromatic carbocycles. The van der Waals surface area contributed by atoms with Gasteiger partial charge in [-0.15, -0.1) is 0 Å². The van der Waals surface area contributed by atoms with E-state index in [2.05, 4.69) is 38.2 Å². The molecule has 0 fully saturated rings. The van der Waals surface area contributed by atoms with Gasteiger partial charge in [-0.25, -0.2) is 0 Å². The summed E-state index contributed by atoms with van der Waals surface area (Å²) in [7, 11) is 5.41. The number of carboxylic acids is 1. The average Bonchev–Trinajstić information content (AvgIpc) is 3.23. The Kier molecular flexibility index (Phi) is 42.5. The molecule has 0 saturated heterocycles. The van der Waals surface area contributed by atoms with Crippen molar-refractivity contribution in [1.82, 2.24) is 0 Å². The quantitative estimate of drug-likeness (QED) is 0.0260. The number of hydrogen-bond acceptors (Lipinski definition) is 7. The van der Waals surface area contributed by atoms with Crippen LogP contribution in [-0.4, -0.2) is 75.5 Å². The number of carbonyl (C=O) groups is 3. The second-order valence-electron chi connectivity index (χ2n) is 18.2. The van der Waals surface area contributed by atoms with Gasteiger partial charge in [-0.3, -0.25) is 9.59 Å². The zero-order valence-electron chi connectivity index (χ0n) is 40.8. The molecule has 2 atom stereocenters. The number of likely N-dealkylation sites (N-methyl/N-ethyl adjacent to an activating group) is 1. The molecule has 0 aliphatic heterocycles. The topological polar surface area (TPSA) is 102 Å². The van der Waals surface area contributed by atoms with Crippen molar-refractivity contribution in [3.8, 4) is 0 Å². The van der Waals surface area contributed by atoms with Crippen LogP contribution in [0.15, 0.2) is 60.8 Å². The van der Waals surface area contributed by atoms with Gasteiger partial charge in [-0.2, -0.15) is 0 Å². The fourth-order valence-electron chi connectivity index (χ4n) is 7.34. The first kappa shape index (κ1) is 59.0. The van der Waals surface area contributed by atoms with Crippen molar-refractivity contribution < 1.29 is 38.2 Å². The summed E-state index contributed by atoms with van der Waals surface area (Å²) >= 11 is 0. The van der Waals surface area contributed by atoms with Gasteiger partial charge in [0.2, 0.25) is 0 Å². The maximum absolute atomic E-state index is 12.8. The Morgan fingerprint density at radius 1 is 0.484 bits per heavy atom. The first-order chi connectivity index (χ1) is 30.1. The zero-order chi connectivity index (χ0) is 45.6. The van der Waals surface area contributed by atoms with E-state index < -0.39 is 18.1 Å². The number of ether oxygens (including phenoxy) is 3. The van der Waals surface area contributed by atoms with Gasteiger partial charge in [-0.05, 0) is 32.1 Å². The van der Waals surface area contributed by atoms with E-state index in [1.165, 1.54) is 116 Å². The third-order valence-corrected chi connectivity index (χ3v) is 11.3. The molecule has 0 radical (unpaired) electrons. The SMILES string of the molecule is CCC/C=C/C=C/C=C/C=C/C=C/CCCCCCCC(=O)OCC(COCCC(C(=O)[O-])[N+](C)(C)C)OC(=O)CCCCCCCCCCCCCCCCCCCCCC. The molecule has 0 heterocycles. The summed E-state index contributed by atoms with van der Waals surface area (Å²) in [6.45, 7) is 4.57. The summed E-state index contributed by atoms with van der Waals surface area (Å²) < 4.78 is 17.2. The number of carboxylic acid groups (broad SMARTS) is 1. The fourth-order valence-corrected chi connectivity index (χ4v) is 7.34. The Labute approximate surface area is 381 Å². The van der Waals surface area contributed by atoms with Crippen LogP contribution in [0.25, 0.3) is 0 Å². The van der Waals surface area contributed by atoms with E-state index in [1.54, 1.807) is 21.1 Å². The molecule has 0 rings (SSSR count). The summed E-state index contributed by atoms with van der Waals surface area (Å²) in [4.78, 5) is 37.0.